The molecule has 0 aliphatic carbocycles. The molecule has 0 aliphatic heterocycles. The average Bonchev–Trinajstić information content (AvgIpc) is 3.25. The van der Waals surface area contributed by atoms with Crippen LogP contribution in [0.5, 0.6) is 0 Å². The fraction of sp³-hybridized carbons (Fsp3) is 0.267. The first-order valence-electron chi connectivity index (χ1n) is 7.35. The molecule has 1 atom stereocenters. The molecule has 130 valence electrons. The highest BCUT2D eigenvalue weighted by Gasteiger charge is 2.21. The minimum atomic E-state index is -0.342. The number of anilines is 1. The van der Waals surface area contributed by atoms with E-state index in [-0.39, 0.29) is 17.1 Å². The second-order valence-electron chi connectivity index (χ2n) is 4.85. The number of carbonyl (C=O) groups is 2. The van der Waals surface area contributed by atoms with Crippen molar-refractivity contribution in [2.45, 2.75) is 22.9 Å². The van der Waals surface area contributed by atoms with Crippen LogP contribution in [0.15, 0.2) is 28.6 Å². The minimum Gasteiger partial charge on any atom is -0.468 e. The van der Waals surface area contributed by atoms with Gasteiger partial charge in [0.05, 0.1) is 17.3 Å². The van der Waals surface area contributed by atoms with Crippen molar-refractivity contribution < 1.29 is 14.3 Å². The number of thiazole rings is 1. The van der Waals surface area contributed by atoms with E-state index >= 15 is 0 Å². The number of hydrogen-bond donors (Lipinski definition) is 1. The quantitative estimate of drug-likeness (QED) is 0.389. The first-order valence-corrected chi connectivity index (χ1v) is 9.87. The van der Waals surface area contributed by atoms with Crippen LogP contribution in [0.3, 0.4) is 0 Å². The summed E-state index contributed by atoms with van der Waals surface area (Å²) in [6.07, 6.45) is 0.615. The van der Waals surface area contributed by atoms with Gasteiger partial charge in [-0.2, -0.15) is 0 Å². The van der Waals surface area contributed by atoms with Crippen LogP contribution in [0.4, 0.5) is 5.13 Å². The van der Waals surface area contributed by atoms with Crippen molar-refractivity contribution in [3.05, 3.63) is 29.3 Å². The van der Waals surface area contributed by atoms with Gasteiger partial charge in [0.2, 0.25) is 5.13 Å². The Balaban J connectivity index is 1.68. The number of hydrogen-bond acceptors (Lipinski definition) is 9. The molecular weight excluding hydrogens is 380 g/mol. The lowest BCUT2D eigenvalue weighted by Gasteiger charge is -2.08. The molecule has 0 saturated carbocycles. The number of carbonyl (C=O) groups excluding carboxylic acids is 2. The van der Waals surface area contributed by atoms with Crippen LogP contribution in [-0.4, -0.2) is 39.4 Å². The molecule has 2 heterocycles. The van der Waals surface area contributed by atoms with Gasteiger partial charge in [-0.15, -0.1) is 21.5 Å². The van der Waals surface area contributed by atoms with Crippen molar-refractivity contribution in [1.82, 2.24) is 15.2 Å². The van der Waals surface area contributed by atoms with Crippen LogP contribution >= 0.6 is 34.4 Å². The van der Waals surface area contributed by atoms with Gasteiger partial charge in [0.15, 0.2) is 9.35 Å². The SMILES string of the molecule is CC[C@H](Sc1nnc(NC(=O)c2nc3ccccc3s2)s1)C(=O)OC. The lowest BCUT2D eigenvalue weighted by Crippen LogP contribution is -2.17. The van der Waals surface area contributed by atoms with Gasteiger partial charge in [-0.25, -0.2) is 4.98 Å². The number of fused-ring (bicyclic) bond motifs is 1. The molecule has 0 spiro atoms. The van der Waals surface area contributed by atoms with Gasteiger partial charge in [0.25, 0.3) is 5.91 Å². The lowest BCUT2D eigenvalue weighted by atomic mass is 10.3. The Morgan fingerprint density at radius 3 is 2.80 bits per heavy atom. The third kappa shape index (κ3) is 4.14. The molecule has 1 aromatic carbocycles. The number of nitrogens with zero attached hydrogens (tertiary/aromatic N) is 3. The first-order chi connectivity index (χ1) is 12.1. The number of thioether (sulfide) groups is 1. The Kier molecular flexibility index (Phi) is 5.61. The number of esters is 1. The van der Waals surface area contributed by atoms with Crippen LogP contribution in [-0.2, 0) is 9.53 Å². The van der Waals surface area contributed by atoms with Crippen molar-refractivity contribution in [3.8, 4) is 0 Å². The highest BCUT2D eigenvalue weighted by atomic mass is 32.2. The van der Waals surface area contributed by atoms with E-state index in [4.69, 9.17) is 4.74 Å². The molecule has 0 bridgehead atoms. The highest BCUT2D eigenvalue weighted by molar-refractivity contribution is 8.02. The summed E-state index contributed by atoms with van der Waals surface area (Å²) in [6, 6.07) is 7.56. The van der Waals surface area contributed by atoms with E-state index in [9.17, 15) is 9.59 Å². The molecule has 1 N–H and O–H groups in total. The molecule has 10 heteroatoms. The van der Waals surface area contributed by atoms with E-state index in [1.54, 1.807) is 0 Å². The molecule has 0 unspecified atom stereocenters. The standard InChI is InChI=1S/C15H14N4O3S3/c1-3-9(13(21)22-2)24-15-19-18-14(25-15)17-11(20)12-16-8-6-4-5-7-10(8)23-12/h4-7,9H,3H2,1-2H3,(H,17,18,20)/t9-/m0/s1. The van der Waals surface area contributed by atoms with E-state index < -0.39 is 0 Å². The van der Waals surface area contributed by atoms with E-state index in [2.05, 4.69) is 20.5 Å². The summed E-state index contributed by atoms with van der Waals surface area (Å²) in [5, 5.41) is 11.0. The zero-order valence-corrected chi connectivity index (χ0v) is 15.8. The van der Waals surface area contributed by atoms with Crippen LogP contribution in [0.2, 0.25) is 0 Å². The molecule has 2 aromatic heterocycles. The first kappa shape index (κ1) is 17.8. The number of ether oxygens (including phenoxy) is 1. The summed E-state index contributed by atoms with van der Waals surface area (Å²) < 4.78 is 6.30. The van der Waals surface area contributed by atoms with E-state index in [0.29, 0.717) is 20.9 Å². The maximum atomic E-state index is 12.3. The van der Waals surface area contributed by atoms with E-state index in [0.717, 1.165) is 10.2 Å². The number of amides is 1. The van der Waals surface area contributed by atoms with Crippen LogP contribution < -0.4 is 5.32 Å². The largest absolute Gasteiger partial charge is 0.468 e. The number of benzene rings is 1. The zero-order valence-electron chi connectivity index (χ0n) is 13.4. The van der Waals surface area contributed by atoms with Crippen molar-refractivity contribution in [2.75, 3.05) is 12.4 Å². The summed E-state index contributed by atoms with van der Waals surface area (Å²) in [4.78, 5) is 28.3. The third-order valence-corrected chi connectivity index (χ3v) is 6.49. The summed E-state index contributed by atoms with van der Waals surface area (Å²) in [5.74, 6) is -0.628. The summed E-state index contributed by atoms with van der Waals surface area (Å²) in [6.45, 7) is 1.89. The number of nitrogens with one attached hydrogen (secondary N) is 1. The fourth-order valence-electron chi connectivity index (χ4n) is 1.98. The lowest BCUT2D eigenvalue weighted by molar-refractivity contribution is -0.140. The van der Waals surface area contributed by atoms with E-state index in [1.165, 1.54) is 41.5 Å². The zero-order chi connectivity index (χ0) is 17.8. The normalized spacial score (nSPS) is 12.1. The third-order valence-electron chi connectivity index (χ3n) is 3.19. The number of aromatic nitrogens is 3. The molecule has 3 rings (SSSR count). The monoisotopic (exact) mass is 394 g/mol. The van der Waals surface area contributed by atoms with Crippen LogP contribution in [0.1, 0.15) is 23.1 Å². The van der Waals surface area contributed by atoms with Gasteiger partial charge < -0.3 is 4.74 Å². The van der Waals surface area contributed by atoms with Crippen molar-refractivity contribution in [1.29, 1.82) is 0 Å². The Morgan fingerprint density at radius 2 is 2.08 bits per heavy atom. The van der Waals surface area contributed by atoms with Crippen molar-refractivity contribution in [3.63, 3.8) is 0 Å². The summed E-state index contributed by atoms with van der Waals surface area (Å²) >= 11 is 3.81. The van der Waals surface area contributed by atoms with Gasteiger partial charge in [-0.1, -0.05) is 42.2 Å². The van der Waals surface area contributed by atoms with Gasteiger partial charge >= 0.3 is 5.97 Å². The molecule has 0 saturated heterocycles. The Labute approximate surface area is 155 Å². The Bertz CT molecular complexity index is 875. The molecular formula is C15H14N4O3S3. The molecule has 3 aromatic rings. The highest BCUT2D eigenvalue weighted by Crippen LogP contribution is 2.31. The maximum Gasteiger partial charge on any atom is 0.319 e. The topological polar surface area (TPSA) is 94.1 Å². The van der Waals surface area contributed by atoms with Crippen LogP contribution in [0.25, 0.3) is 10.2 Å². The molecule has 25 heavy (non-hydrogen) atoms. The number of methoxy groups -OCH3 is 1. The van der Waals surface area contributed by atoms with E-state index in [1.807, 2.05) is 31.2 Å². The Morgan fingerprint density at radius 1 is 1.28 bits per heavy atom. The smallest absolute Gasteiger partial charge is 0.319 e. The molecule has 0 fully saturated rings. The Hall–Kier alpha value is -2.04. The summed E-state index contributed by atoms with van der Waals surface area (Å²) in [7, 11) is 1.36. The van der Waals surface area contributed by atoms with Crippen LogP contribution in [0, 0.1) is 0 Å². The van der Waals surface area contributed by atoms with Gasteiger partial charge in [0.1, 0.15) is 5.25 Å². The predicted molar refractivity (Wildman–Crippen MR) is 99.4 cm³/mol. The predicted octanol–water partition coefficient (Wildman–Crippen LogP) is 3.44. The second-order valence-corrected chi connectivity index (χ2v) is 8.31. The van der Waals surface area contributed by atoms with Crippen molar-refractivity contribution >= 4 is 61.7 Å². The summed E-state index contributed by atoms with van der Waals surface area (Å²) in [5.41, 5.74) is 0.787. The molecule has 7 nitrogen and oxygen atoms in total. The van der Waals surface area contributed by atoms with Gasteiger partial charge in [0, 0.05) is 0 Å². The van der Waals surface area contributed by atoms with Gasteiger partial charge in [-0.05, 0) is 18.6 Å². The molecule has 1 amide bonds. The fourth-order valence-corrected chi connectivity index (χ4v) is 4.78. The van der Waals surface area contributed by atoms with Gasteiger partial charge in [-0.3, -0.25) is 14.9 Å². The molecule has 0 radical (unpaired) electrons. The maximum absolute atomic E-state index is 12.3. The second kappa shape index (κ2) is 7.89. The minimum absolute atomic E-state index is 0.303. The number of rotatable bonds is 6. The van der Waals surface area contributed by atoms with Crippen molar-refractivity contribution in [2.24, 2.45) is 0 Å². The molecule has 0 aliphatic rings. The number of para-hydroxylation sites is 1. The average molecular weight is 395 g/mol.